The van der Waals surface area contributed by atoms with E-state index in [2.05, 4.69) is 41.5 Å². The fraction of sp³-hybridized carbons (Fsp3) is 0.583. The maximum Gasteiger partial charge on any atom is 0.140 e. The molecule has 0 fully saturated rings. The van der Waals surface area contributed by atoms with Gasteiger partial charge in [-0.1, -0.05) is 18.1 Å². The van der Waals surface area contributed by atoms with Gasteiger partial charge in [-0.2, -0.15) is 0 Å². The second-order valence-corrected chi connectivity index (χ2v) is 5.20. The van der Waals surface area contributed by atoms with Crippen LogP contribution < -0.4 is 5.73 Å². The maximum atomic E-state index is 8.59. The third-order valence-electron chi connectivity index (χ3n) is 2.96. The molecule has 96 valence electrons. The minimum absolute atomic E-state index is 0.305. The van der Waals surface area contributed by atoms with Crippen LogP contribution in [0, 0.1) is 0 Å². The summed E-state index contributed by atoms with van der Waals surface area (Å²) in [5, 5.41) is 13.7. The van der Waals surface area contributed by atoms with Crippen molar-refractivity contribution in [2.75, 3.05) is 13.6 Å². The standard InChI is InChI=1S/C12H21N3OS/c1-3-10(9-12(13)14-16)15(2)7-6-11-5-4-8-17-11/h4-5,8,10,16H,3,6-7,9H2,1-2H3,(H2,13,14). The van der Waals surface area contributed by atoms with Gasteiger partial charge < -0.3 is 15.8 Å². The van der Waals surface area contributed by atoms with Crippen LogP contribution in [-0.4, -0.2) is 35.6 Å². The summed E-state index contributed by atoms with van der Waals surface area (Å²) in [6.07, 6.45) is 2.67. The molecule has 0 saturated heterocycles. The summed E-state index contributed by atoms with van der Waals surface area (Å²) in [6, 6.07) is 4.57. The first-order valence-corrected chi connectivity index (χ1v) is 6.74. The zero-order valence-corrected chi connectivity index (χ0v) is 11.3. The van der Waals surface area contributed by atoms with Crippen LogP contribution in [0.2, 0.25) is 0 Å². The fourth-order valence-electron chi connectivity index (χ4n) is 1.82. The van der Waals surface area contributed by atoms with E-state index < -0.39 is 0 Å². The van der Waals surface area contributed by atoms with Crippen molar-refractivity contribution in [3.63, 3.8) is 0 Å². The Hall–Kier alpha value is -1.07. The molecule has 0 bridgehead atoms. The molecule has 0 aliphatic heterocycles. The van der Waals surface area contributed by atoms with Crippen molar-refractivity contribution in [3.05, 3.63) is 22.4 Å². The molecule has 1 atom stereocenters. The van der Waals surface area contributed by atoms with Gasteiger partial charge in [0.15, 0.2) is 0 Å². The summed E-state index contributed by atoms with van der Waals surface area (Å²) in [5.74, 6) is 0.305. The van der Waals surface area contributed by atoms with Crippen LogP contribution in [0.25, 0.3) is 0 Å². The minimum Gasteiger partial charge on any atom is -0.409 e. The molecule has 1 unspecified atom stereocenters. The molecule has 0 amide bonds. The lowest BCUT2D eigenvalue weighted by atomic mass is 10.1. The monoisotopic (exact) mass is 255 g/mol. The Morgan fingerprint density at radius 3 is 2.94 bits per heavy atom. The van der Waals surface area contributed by atoms with Crippen LogP contribution in [0.15, 0.2) is 22.7 Å². The molecule has 4 nitrogen and oxygen atoms in total. The number of hydrogen-bond acceptors (Lipinski definition) is 4. The van der Waals surface area contributed by atoms with Crippen LogP contribution in [-0.2, 0) is 6.42 Å². The van der Waals surface area contributed by atoms with Gasteiger partial charge in [-0.3, -0.25) is 0 Å². The molecule has 3 N–H and O–H groups in total. The molecule has 1 heterocycles. The second kappa shape index (κ2) is 7.29. The van der Waals surface area contributed by atoms with E-state index >= 15 is 0 Å². The van der Waals surface area contributed by atoms with E-state index in [0.717, 1.165) is 19.4 Å². The topological polar surface area (TPSA) is 61.9 Å². The summed E-state index contributed by atoms with van der Waals surface area (Å²) >= 11 is 1.79. The summed E-state index contributed by atoms with van der Waals surface area (Å²) < 4.78 is 0. The predicted molar refractivity (Wildman–Crippen MR) is 72.8 cm³/mol. The first-order valence-electron chi connectivity index (χ1n) is 5.86. The van der Waals surface area contributed by atoms with Crippen molar-refractivity contribution >= 4 is 17.2 Å². The van der Waals surface area contributed by atoms with Gasteiger partial charge in [-0.15, -0.1) is 11.3 Å². The maximum absolute atomic E-state index is 8.59. The van der Waals surface area contributed by atoms with Crippen LogP contribution in [0.3, 0.4) is 0 Å². The van der Waals surface area contributed by atoms with Gasteiger partial charge in [0.05, 0.1) is 0 Å². The van der Waals surface area contributed by atoms with Crippen LogP contribution >= 0.6 is 11.3 Å². The Balaban J connectivity index is 2.40. The van der Waals surface area contributed by atoms with E-state index in [1.807, 2.05) is 0 Å². The van der Waals surface area contributed by atoms with Crippen LogP contribution in [0.1, 0.15) is 24.6 Å². The number of likely N-dealkylation sites (N-methyl/N-ethyl adjacent to an activating group) is 1. The molecule has 0 aromatic carbocycles. The highest BCUT2D eigenvalue weighted by molar-refractivity contribution is 7.09. The summed E-state index contributed by atoms with van der Waals surface area (Å²) in [7, 11) is 2.09. The van der Waals surface area contributed by atoms with E-state index in [1.165, 1.54) is 4.88 Å². The molecule has 0 radical (unpaired) electrons. The summed E-state index contributed by atoms with van der Waals surface area (Å²) in [4.78, 5) is 3.67. The normalized spacial score (nSPS) is 14.2. The Bertz CT molecular complexity index is 338. The molecule has 5 heteroatoms. The largest absolute Gasteiger partial charge is 0.409 e. The number of nitrogens with zero attached hydrogens (tertiary/aromatic N) is 2. The molecule has 0 aliphatic rings. The molecular weight excluding hydrogens is 234 g/mol. The quantitative estimate of drug-likeness (QED) is 0.339. The van der Waals surface area contributed by atoms with Crippen molar-refractivity contribution in [1.29, 1.82) is 0 Å². The number of amidine groups is 1. The van der Waals surface area contributed by atoms with Crippen molar-refractivity contribution in [2.24, 2.45) is 10.9 Å². The lowest BCUT2D eigenvalue weighted by Crippen LogP contribution is -2.36. The van der Waals surface area contributed by atoms with Gasteiger partial charge >= 0.3 is 0 Å². The number of nitrogens with two attached hydrogens (primary N) is 1. The van der Waals surface area contributed by atoms with E-state index in [4.69, 9.17) is 10.9 Å². The van der Waals surface area contributed by atoms with Crippen LogP contribution in [0.5, 0.6) is 0 Å². The van der Waals surface area contributed by atoms with E-state index in [-0.39, 0.29) is 0 Å². The van der Waals surface area contributed by atoms with E-state index in [1.54, 1.807) is 11.3 Å². The molecule has 0 aliphatic carbocycles. The van der Waals surface area contributed by atoms with E-state index in [9.17, 15) is 0 Å². The van der Waals surface area contributed by atoms with Gasteiger partial charge in [-0.25, -0.2) is 0 Å². The first-order chi connectivity index (χ1) is 8.17. The lowest BCUT2D eigenvalue weighted by Gasteiger charge is -2.26. The van der Waals surface area contributed by atoms with Gasteiger partial charge in [-0.05, 0) is 31.3 Å². The Morgan fingerprint density at radius 1 is 1.65 bits per heavy atom. The number of rotatable bonds is 7. The third kappa shape index (κ3) is 4.75. The Morgan fingerprint density at radius 2 is 2.41 bits per heavy atom. The minimum atomic E-state index is 0.305. The molecule has 1 aromatic heterocycles. The van der Waals surface area contributed by atoms with Gasteiger partial charge in [0.2, 0.25) is 0 Å². The summed E-state index contributed by atoms with van der Waals surface area (Å²) in [6.45, 7) is 3.12. The predicted octanol–water partition coefficient (Wildman–Crippen LogP) is 2.14. The van der Waals surface area contributed by atoms with Gasteiger partial charge in [0.25, 0.3) is 0 Å². The highest BCUT2D eigenvalue weighted by Gasteiger charge is 2.14. The highest BCUT2D eigenvalue weighted by atomic mass is 32.1. The molecule has 0 spiro atoms. The third-order valence-corrected chi connectivity index (χ3v) is 3.89. The first kappa shape index (κ1) is 14.0. The number of thiophene rings is 1. The fourth-order valence-corrected chi connectivity index (χ4v) is 2.52. The molecule has 0 saturated carbocycles. The number of hydrogen-bond donors (Lipinski definition) is 2. The molecular formula is C12H21N3OS. The summed E-state index contributed by atoms with van der Waals surface area (Å²) in [5.41, 5.74) is 5.55. The zero-order valence-electron chi connectivity index (χ0n) is 10.5. The Kier molecular flexibility index (Phi) is 6.00. The number of oxime groups is 1. The SMILES string of the molecule is CCC(CC(N)=NO)N(C)CCc1cccs1. The van der Waals surface area contributed by atoms with Crippen molar-refractivity contribution in [2.45, 2.75) is 32.2 Å². The van der Waals surface area contributed by atoms with Gasteiger partial charge in [0.1, 0.15) is 5.84 Å². The van der Waals surface area contributed by atoms with Crippen molar-refractivity contribution in [1.82, 2.24) is 4.90 Å². The smallest absolute Gasteiger partial charge is 0.140 e. The average Bonchev–Trinajstić information content (AvgIpc) is 2.85. The molecule has 17 heavy (non-hydrogen) atoms. The van der Waals surface area contributed by atoms with Crippen molar-refractivity contribution < 1.29 is 5.21 Å². The average molecular weight is 255 g/mol. The molecule has 1 aromatic rings. The highest BCUT2D eigenvalue weighted by Crippen LogP contribution is 2.12. The second-order valence-electron chi connectivity index (χ2n) is 4.17. The molecule has 1 rings (SSSR count). The van der Waals surface area contributed by atoms with Crippen LogP contribution in [0.4, 0.5) is 0 Å². The Labute approximate surface area is 107 Å². The van der Waals surface area contributed by atoms with E-state index in [0.29, 0.717) is 18.3 Å². The lowest BCUT2D eigenvalue weighted by molar-refractivity contribution is 0.241. The zero-order chi connectivity index (χ0) is 12.7. The van der Waals surface area contributed by atoms with Gasteiger partial charge in [0, 0.05) is 23.9 Å². The van der Waals surface area contributed by atoms with Crippen molar-refractivity contribution in [3.8, 4) is 0 Å².